The normalized spacial score (nSPS) is 21.3. The lowest BCUT2D eigenvalue weighted by Crippen LogP contribution is -2.41. The Morgan fingerprint density at radius 2 is 2.26 bits per heavy atom. The first-order chi connectivity index (χ1) is 9.07. The predicted molar refractivity (Wildman–Crippen MR) is 73.5 cm³/mol. The molecule has 0 bridgehead atoms. The van der Waals surface area contributed by atoms with Crippen molar-refractivity contribution in [2.75, 3.05) is 26.7 Å². The molecule has 0 radical (unpaired) electrons. The van der Waals surface area contributed by atoms with E-state index in [9.17, 15) is 8.42 Å². The average molecular weight is 284 g/mol. The van der Waals surface area contributed by atoms with Crippen molar-refractivity contribution in [3.63, 3.8) is 0 Å². The molecule has 2 N–H and O–H groups in total. The standard InChI is InChI=1S/C13H20N2O3S/c1-18-12-5-2-6-13(8-12)19(16,17)15-7-3-4-11(9-14)10-15/h2,5-6,8,11H,3-4,7,9-10,14H2,1H3. The van der Waals surface area contributed by atoms with Gasteiger partial charge in [0, 0.05) is 19.2 Å². The Hall–Kier alpha value is -1.11. The summed E-state index contributed by atoms with van der Waals surface area (Å²) in [5.41, 5.74) is 5.65. The van der Waals surface area contributed by atoms with Gasteiger partial charge < -0.3 is 10.5 Å². The number of piperidine rings is 1. The van der Waals surface area contributed by atoms with E-state index in [4.69, 9.17) is 10.5 Å². The van der Waals surface area contributed by atoms with Crippen molar-refractivity contribution in [1.29, 1.82) is 0 Å². The molecule has 0 aromatic heterocycles. The van der Waals surface area contributed by atoms with Crippen molar-refractivity contribution < 1.29 is 13.2 Å². The molecule has 0 saturated carbocycles. The van der Waals surface area contributed by atoms with Gasteiger partial charge in [0.05, 0.1) is 12.0 Å². The number of benzene rings is 1. The maximum Gasteiger partial charge on any atom is 0.243 e. The first-order valence-electron chi connectivity index (χ1n) is 6.42. The number of hydrogen-bond acceptors (Lipinski definition) is 4. The van der Waals surface area contributed by atoms with Crippen LogP contribution in [0.3, 0.4) is 0 Å². The van der Waals surface area contributed by atoms with Crippen LogP contribution in [-0.2, 0) is 10.0 Å². The van der Waals surface area contributed by atoms with Crippen molar-refractivity contribution in [2.45, 2.75) is 17.7 Å². The molecule has 1 unspecified atom stereocenters. The highest BCUT2D eigenvalue weighted by atomic mass is 32.2. The second kappa shape index (κ2) is 5.90. The van der Waals surface area contributed by atoms with Gasteiger partial charge >= 0.3 is 0 Å². The molecule has 1 saturated heterocycles. The molecule has 1 aliphatic rings. The van der Waals surface area contributed by atoms with Crippen molar-refractivity contribution in [3.8, 4) is 5.75 Å². The molecule has 0 spiro atoms. The van der Waals surface area contributed by atoms with Gasteiger partial charge in [-0.1, -0.05) is 6.07 Å². The largest absolute Gasteiger partial charge is 0.497 e. The lowest BCUT2D eigenvalue weighted by Gasteiger charge is -2.31. The Morgan fingerprint density at radius 1 is 1.47 bits per heavy atom. The van der Waals surface area contributed by atoms with Gasteiger partial charge in [-0.05, 0) is 37.4 Å². The number of hydrogen-bond donors (Lipinski definition) is 1. The van der Waals surface area contributed by atoms with E-state index in [1.54, 1.807) is 24.3 Å². The molecule has 5 nitrogen and oxygen atoms in total. The molecule has 1 aromatic rings. The number of nitrogens with zero attached hydrogens (tertiary/aromatic N) is 1. The summed E-state index contributed by atoms with van der Waals surface area (Å²) < 4.78 is 31.7. The van der Waals surface area contributed by atoms with Crippen LogP contribution in [0.1, 0.15) is 12.8 Å². The fourth-order valence-electron chi connectivity index (χ4n) is 2.35. The summed E-state index contributed by atoms with van der Waals surface area (Å²) in [6.07, 6.45) is 1.87. The molecule has 2 rings (SSSR count). The highest BCUT2D eigenvalue weighted by Gasteiger charge is 2.29. The SMILES string of the molecule is COc1cccc(S(=O)(=O)N2CCCC(CN)C2)c1. The van der Waals surface area contributed by atoms with Gasteiger partial charge in [-0.3, -0.25) is 0 Å². The van der Waals surface area contributed by atoms with Gasteiger partial charge in [0.25, 0.3) is 0 Å². The fraction of sp³-hybridized carbons (Fsp3) is 0.538. The lowest BCUT2D eigenvalue weighted by molar-refractivity contribution is 0.271. The number of sulfonamides is 1. The van der Waals surface area contributed by atoms with E-state index >= 15 is 0 Å². The predicted octanol–water partition coefficient (Wildman–Crippen LogP) is 1.05. The topological polar surface area (TPSA) is 72.6 Å². The van der Waals surface area contributed by atoms with E-state index in [1.165, 1.54) is 11.4 Å². The zero-order chi connectivity index (χ0) is 13.9. The van der Waals surface area contributed by atoms with Crippen LogP contribution in [0.25, 0.3) is 0 Å². The third-order valence-electron chi connectivity index (χ3n) is 3.49. The first kappa shape index (κ1) is 14.3. The molecule has 0 aliphatic carbocycles. The Bertz CT molecular complexity index is 530. The van der Waals surface area contributed by atoms with Crippen LogP contribution >= 0.6 is 0 Å². The molecule has 6 heteroatoms. The van der Waals surface area contributed by atoms with E-state index < -0.39 is 10.0 Å². The first-order valence-corrected chi connectivity index (χ1v) is 7.86. The molecule has 1 atom stereocenters. The number of ether oxygens (including phenoxy) is 1. The summed E-state index contributed by atoms with van der Waals surface area (Å²) in [6, 6.07) is 6.58. The van der Waals surface area contributed by atoms with E-state index in [1.807, 2.05) is 0 Å². The van der Waals surface area contributed by atoms with Crippen LogP contribution in [0.5, 0.6) is 5.75 Å². The summed E-state index contributed by atoms with van der Waals surface area (Å²) in [7, 11) is -1.91. The van der Waals surface area contributed by atoms with Crippen LogP contribution in [0.2, 0.25) is 0 Å². The molecular weight excluding hydrogens is 264 g/mol. The summed E-state index contributed by atoms with van der Waals surface area (Å²) >= 11 is 0. The van der Waals surface area contributed by atoms with Gasteiger partial charge in [-0.25, -0.2) is 8.42 Å². The van der Waals surface area contributed by atoms with E-state index in [0.29, 0.717) is 25.4 Å². The molecule has 0 amide bonds. The van der Waals surface area contributed by atoms with Crippen molar-refractivity contribution >= 4 is 10.0 Å². The van der Waals surface area contributed by atoms with E-state index in [2.05, 4.69) is 0 Å². The van der Waals surface area contributed by atoms with Crippen LogP contribution in [0.15, 0.2) is 29.2 Å². The number of nitrogens with two attached hydrogens (primary N) is 1. The third kappa shape index (κ3) is 3.08. The smallest absolute Gasteiger partial charge is 0.243 e. The highest BCUT2D eigenvalue weighted by Crippen LogP contribution is 2.25. The highest BCUT2D eigenvalue weighted by molar-refractivity contribution is 7.89. The summed E-state index contributed by atoms with van der Waals surface area (Å²) in [6.45, 7) is 1.61. The molecule has 19 heavy (non-hydrogen) atoms. The van der Waals surface area contributed by atoms with E-state index in [0.717, 1.165) is 12.8 Å². The van der Waals surface area contributed by atoms with Crippen LogP contribution in [-0.4, -0.2) is 39.5 Å². The second-order valence-corrected chi connectivity index (χ2v) is 6.72. The number of rotatable bonds is 4. The molecule has 1 aromatic carbocycles. The number of methoxy groups -OCH3 is 1. The van der Waals surface area contributed by atoms with Crippen LogP contribution in [0.4, 0.5) is 0 Å². The van der Waals surface area contributed by atoms with Crippen molar-refractivity contribution in [1.82, 2.24) is 4.31 Å². The van der Waals surface area contributed by atoms with Gasteiger partial charge in [0.15, 0.2) is 0 Å². The minimum Gasteiger partial charge on any atom is -0.497 e. The fourth-order valence-corrected chi connectivity index (χ4v) is 3.94. The van der Waals surface area contributed by atoms with Crippen LogP contribution in [0, 0.1) is 5.92 Å². The Morgan fingerprint density at radius 3 is 2.95 bits per heavy atom. The van der Waals surface area contributed by atoms with Crippen LogP contribution < -0.4 is 10.5 Å². The minimum absolute atomic E-state index is 0.258. The van der Waals surface area contributed by atoms with Gasteiger partial charge in [0.2, 0.25) is 10.0 Å². The average Bonchev–Trinajstić information content (AvgIpc) is 2.47. The quantitative estimate of drug-likeness (QED) is 0.897. The van der Waals surface area contributed by atoms with Gasteiger partial charge in [-0.2, -0.15) is 4.31 Å². The molecule has 1 fully saturated rings. The third-order valence-corrected chi connectivity index (χ3v) is 5.36. The zero-order valence-corrected chi connectivity index (χ0v) is 11.9. The van der Waals surface area contributed by atoms with Crippen molar-refractivity contribution in [3.05, 3.63) is 24.3 Å². The molecule has 106 valence electrons. The zero-order valence-electron chi connectivity index (χ0n) is 11.1. The Labute approximate surface area is 114 Å². The van der Waals surface area contributed by atoms with Crippen molar-refractivity contribution in [2.24, 2.45) is 11.7 Å². The summed E-state index contributed by atoms with van der Waals surface area (Å²) in [4.78, 5) is 0.282. The maximum atomic E-state index is 12.5. The maximum absolute atomic E-state index is 12.5. The molecule has 1 heterocycles. The lowest BCUT2D eigenvalue weighted by atomic mass is 10.0. The summed E-state index contributed by atoms with van der Waals surface area (Å²) in [5, 5.41) is 0. The Kier molecular flexibility index (Phi) is 4.44. The second-order valence-electron chi connectivity index (χ2n) is 4.79. The van der Waals surface area contributed by atoms with Gasteiger partial charge in [0.1, 0.15) is 5.75 Å². The van der Waals surface area contributed by atoms with Gasteiger partial charge in [-0.15, -0.1) is 0 Å². The Balaban J connectivity index is 2.25. The summed E-state index contributed by atoms with van der Waals surface area (Å²) in [5.74, 6) is 0.808. The van der Waals surface area contributed by atoms with E-state index in [-0.39, 0.29) is 10.8 Å². The minimum atomic E-state index is -3.44. The monoisotopic (exact) mass is 284 g/mol. The molecular formula is C13H20N2O3S. The molecule has 1 aliphatic heterocycles.